The summed E-state index contributed by atoms with van der Waals surface area (Å²) in [5, 5.41) is 8.43. The van der Waals surface area contributed by atoms with Crippen molar-refractivity contribution in [3.8, 4) is 0 Å². The van der Waals surface area contributed by atoms with Crippen molar-refractivity contribution >= 4 is 23.3 Å². The Kier molecular flexibility index (Phi) is 6.37. The second-order valence-electron chi connectivity index (χ2n) is 5.58. The molecule has 0 bridgehead atoms. The van der Waals surface area contributed by atoms with E-state index in [4.69, 9.17) is 0 Å². The quantitative estimate of drug-likeness (QED) is 0.698. The predicted molar refractivity (Wildman–Crippen MR) is 97.5 cm³/mol. The van der Waals surface area contributed by atoms with Crippen LogP contribution in [0.1, 0.15) is 35.7 Å². The molecule has 0 fully saturated rings. The normalized spacial score (nSPS) is 10.1. The first kappa shape index (κ1) is 17.5. The zero-order valence-corrected chi connectivity index (χ0v) is 14.1. The number of rotatable bonds is 6. The van der Waals surface area contributed by atoms with Crippen molar-refractivity contribution in [2.75, 3.05) is 17.2 Å². The summed E-state index contributed by atoms with van der Waals surface area (Å²) in [5.41, 5.74) is 2.75. The van der Waals surface area contributed by atoms with Crippen LogP contribution in [0.5, 0.6) is 0 Å². The minimum absolute atomic E-state index is 0.212. The Bertz CT molecular complexity index is 699. The molecule has 5 nitrogen and oxygen atoms in total. The van der Waals surface area contributed by atoms with Gasteiger partial charge in [-0.2, -0.15) is 0 Å². The highest BCUT2D eigenvalue weighted by atomic mass is 16.2. The molecule has 0 saturated heterocycles. The third kappa shape index (κ3) is 5.12. The molecule has 0 saturated carbocycles. The van der Waals surface area contributed by atoms with Crippen LogP contribution in [0.3, 0.4) is 0 Å². The Hall–Kier alpha value is -2.82. The molecule has 24 heavy (non-hydrogen) atoms. The zero-order valence-electron chi connectivity index (χ0n) is 14.1. The maximum Gasteiger partial charge on any atom is 0.319 e. The van der Waals surface area contributed by atoms with Gasteiger partial charge in [0.25, 0.3) is 5.91 Å². The number of hydrogen-bond donors (Lipinski definition) is 3. The van der Waals surface area contributed by atoms with Gasteiger partial charge >= 0.3 is 6.03 Å². The van der Waals surface area contributed by atoms with E-state index < -0.39 is 0 Å². The van der Waals surface area contributed by atoms with Crippen molar-refractivity contribution in [3.05, 3.63) is 59.7 Å². The summed E-state index contributed by atoms with van der Waals surface area (Å²) in [5.74, 6) is -0.212. The minimum Gasteiger partial charge on any atom is -0.338 e. The number of benzene rings is 2. The molecule has 0 atom stereocenters. The fraction of sp³-hybridized carbons (Fsp3) is 0.263. The number of para-hydroxylation sites is 1. The first-order valence-corrected chi connectivity index (χ1v) is 8.12. The van der Waals surface area contributed by atoms with E-state index in [0.29, 0.717) is 17.8 Å². The molecule has 3 amide bonds. The summed E-state index contributed by atoms with van der Waals surface area (Å²) < 4.78 is 0. The van der Waals surface area contributed by atoms with Crippen molar-refractivity contribution in [1.82, 2.24) is 5.32 Å². The number of carbonyl (C=O) groups is 2. The fourth-order valence-electron chi connectivity index (χ4n) is 2.17. The molecular formula is C19H23N3O2. The number of nitrogens with one attached hydrogen (secondary N) is 3. The first-order valence-electron chi connectivity index (χ1n) is 8.12. The molecule has 0 aromatic heterocycles. The van der Waals surface area contributed by atoms with Gasteiger partial charge in [0, 0.05) is 23.5 Å². The smallest absolute Gasteiger partial charge is 0.319 e. The standard InChI is InChI=1S/C19H23N3O2/c1-3-4-12-20-19(24)22-17-13-15(11-10-14(17)2)18(23)21-16-8-6-5-7-9-16/h5-11,13H,3-4,12H2,1-2H3,(H,21,23)(H2,20,22,24). The van der Waals surface area contributed by atoms with Gasteiger partial charge in [0.2, 0.25) is 0 Å². The molecule has 0 aliphatic carbocycles. The molecule has 0 spiro atoms. The van der Waals surface area contributed by atoms with E-state index >= 15 is 0 Å². The molecule has 0 radical (unpaired) electrons. The summed E-state index contributed by atoms with van der Waals surface area (Å²) in [4.78, 5) is 24.2. The Morgan fingerprint density at radius 2 is 1.75 bits per heavy atom. The molecule has 2 aromatic carbocycles. The number of aryl methyl sites for hydroxylation is 1. The van der Waals surface area contributed by atoms with Crippen LogP contribution >= 0.6 is 0 Å². The number of hydrogen-bond acceptors (Lipinski definition) is 2. The van der Waals surface area contributed by atoms with Crippen molar-refractivity contribution in [2.24, 2.45) is 0 Å². The lowest BCUT2D eigenvalue weighted by atomic mass is 10.1. The maximum absolute atomic E-state index is 12.3. The number of urea groups is 1. The van der Waals surface area contributed by atoms with E-state index in [9.17, 15) is 9.59 Å². The lowest BCUT2D eigenvalue weighted by Gasteiger charge is -2.12. The van der Waals surface area contributed by atoms with E-state index in [0.717, 1.165) is 24.1 Å². The molecule has 126 valence electrons. The summed E-state index contributed by atoms with van der Waals surface area (Å²) in [7, 11) is 0. The molecule has 0 unspecified atom stereocenters. The molecule has 0 heterocycles. The summed E-state index contributed by atoms with van der Waals surface area (Å²) in [6.45, 7) is 4.59. The van der Waals surface area contributed by atoms with Crippen molar-refractivity contribution in [3.63, 3.8) is 0 Å². The van der Waals surface area contributed by atoms with E-state index in [1.54, 1.807) is 12.1 Å². The van der Waals surface area contributed by atoms with Crippen molar-refractivity contribution in [2.45, 2.75) is 26.7 Å². The van der Waals surface area contributed by atoms with Crippen LogP contribution in [-0.2, 0) is 0 Å². The Morgan fingerprint density at radius 1 is 1.00 bits per heavy atom. The summed E-state index contributed by atoms with van der Waals surface area (Å²) in [6.07, 6.45) is 1.96. The number of amides is 3. The Morgan fingerprint density at radius 3 is 2.46 bits per heavy atom. The molecule has 2 aromatic rings. The minimum atomic E-state index is -0.257. The van der Waals surface area contributed by atoms with Crippen LogP contribution in [0.25, 0.3) is 0 Å². The second-order valence-corrected chi connectivity index (χ2v) is 5.58. The van der Waals surface area contributed by atoms with Gasteiger partial charge in [-0.3, -0.25) is 4.79 Å². The lowest BCUT2D eigenvalue weighted by molar-refractivity contribution is 0.102. The number of carbonyl (C=O) groups excluding carboxylic acids is 2. The van der Waals surface area contributed by atoms with Gasteiger partial charge in [-0.15, -0.1) is 0 Å². The highest BCUT2D eigenvalue weighted by Gasteiger charge is 2.10. The van der Waals surface area contributed by atoms with Crippen molar-refractivity contribution in [1.29, 1.82) is 0 Å². The SMILES string of the molecule is CCCCNC(=O)Nc1cc(C(=O)Nc2ccccc2)ccc1C. The predicted octanol–water partition coefficient (Wildman–Crippen LogP) is 4.17. The average Bonchev–Trinajstić information content (AvgIpc) is 2.58. The van der Waals surface area contributed by atoms with Crippen LogP contribution in [-0.4, -0.2) is 18.5 Å². The maximum atomic E-state index is 12.3. The third-order valence-corrected chi connectivity index (χ3v) is 3.60. The van der Waals surface area contributed by atoms with Gasteiger partial charge in [-0.1, -0.05) is 37.6 Å². The van der Waals surface area contributed by atoms with Crippen LogP contribution in [0.2, 0.25) is 0 Å². The summed E-state index contributed by atoms with van der Waals surface area (Å²) in [6, 6.07) is 14.3. The Balaban J connectivity index is 2.04. The van der Waals surface area contributed by atoms with E-state index in [1.165, 1.54) is 0 Å². The van der Waals surface area contributed by atoms with Gasteiger partial charge < -0.3 is 16.0 Å². The monoisotopic (exact) mass is 325 g/mol. The largest absolute Gasteiger partial charge is 0.338 e. The van der Waals surface area contributed by atoms with Gasteiger partial charge in [-0.05, 0) is 43.2 Å². The molecule has 0 aliphatic heterocycles. The first-order chi connectivity index (χ1) is 11.6. The molecule has 3 N–H and O–H groups in total. The number of anilines is 2. The zero-order chi connectivity index (χ0) is 17.4. The van der Waals surface area contributed by atoms with Gasteiger partial charge in [-0.25, -0.2) is 4.79 Å². The molecule has 2 rings (SSSR count). The molecular weight excluding hydrogens is 302 g/mol. The molecule has 5 heteroatoms. The average molecular weight is 325 g/mol. The molecule has 0 aliphatic rings. The van der Waals surface area contributed by atoms with E-state index in [-0.39, 0.29) is 11.9 Å². The van der Waals surface area contributed by atoms with Gasteiger partial charge in [0.05, 0.1) is 0 Å². The Labute approximate surface area is 142 Å². The van der Waals surface area contributed by atoms with E-state index in [1.807, 2.05) is 43.3 Å². The lowest BCUT2D eigenvalue weighted by Crippen LogP contribution is -2.29. The van der Waals surface area contributed by atoms with Crippen molar-refractivity contribution < 1.29 is 9.59 Å². The topological polar surface area (TPSA) is 70.2 Å². The highest BCUT2D eigenvalue weighted by molar-refractivity contribution is 6.05. The van der Waals surface area contributed by atoms with Gasteiger partial charge in [0.1, 0.15) is 0 Å². The van der Waals surface area contributed by atoms with Crippen LogP contribution < -0.4 is 16.0 Å². The highest BCUT2D eigenvalue weighted by Crippen LogP contribution is 2.18. The fourth-order valence-corrected chi connectivity index (χ4v) is 2.17. The number of unbranched alkanes of at least 4 members (excludes halogenated alkanes) is 1. The third-order valence-electron chi connectivity index (χ3n) is 3.60. The van der Waals surface area contributed by atoms with Crippen LogP contribution in [0.15, 0.2) is 48.5 Å². The van der Waals surface area contributed by atoms with Crippen LogP contribution in [0, 0.1) is 6.92 Å². The van der Waals surface area contributed by atoms with Crippen LogP contribution in [0.4, 0.5) is 16.2 Å². The van der Waals surface area contributed by atoms with Gasteiger partial charge in [0.15, 0.2) is 0 Å². The summed E-state index contributed by atoms with van der Waals surface area (Å²) >= 11 is 0. The van der Waals surface area contributed by atoms with E-state index in [2.05, 4.69) is 22.9 Å². The second kappa shape index (κ2) is 8.72.